The fourth-order valence-corrected chi connectivity index (χ4v) is 1.44. The summed E-state index contributed by atoms with van der Waals surface area (Å²) < 4.78 is 0. The van der Waals surface area contributed by atoms with Gasteiger partial charge in [-0.2, -0.15) is 13.5 Å². The second kappa shape index (κ2) is 5.45. The monoisotopic (exact) mass is 248 g/mol. The highest BCUT2D eigenvalue weighted by Gasteiger charge is 1.98. The van der Waals surface area contributed by atoms with Crippen LogP contribution in [0.4, 0.5) is 22.7 Å². The zero-order chi connectivity index (χ0) is 11.5. The summed E-state index contributed by atoms with van der Waals surface area (Å²) in [6, 6.07) is 9.35. The zero-order valence-corrected chi connectivity index (χ0v) is 10.6. The van der Waals surface area contributed by atoms with Crippen LogP contribution in [-0.4, -0.2) is 4.98 Å². The molecule has 5 heteroatoms. The molecule has 0 saturated heterocycles. The Hall–Kier alpha value is -1.88. The molecule has 0 aliphatic heterocycles. The largest absolute Gasteiger partial charge is 0.397 e. The van der Waals surface area contributed by atoms with Crippen LogP contribution >= 0.6 is 13.5 Å². The van der Waals surface area contributed by atoms with Gasteiger partial charge in [-0.15, -0.1) is 0 Å². The molecule has 4 nitrogen and oxygen atoms in total. The SMILES string of the molecule is Cc1cc(Nc2ccc(N)c(N)c2)ccn1.S. The van der Waals surface area contributed by atoms with Crippen molar-refractivity contribution in [1.29, 1.82) is 0 Å². The molecule has 0 spiro atoms. The minimum absolute atomic E-state index is 0. The highest BCUT2D eigenvalue weighted by atomic mass is 32.1. The van der Waals surface area contributed by atoms with E-state index in [-0.39, 0.29) is 13.5 Å². The highest BCUT2D eigenvalue weighted by molar-refractivity contribution is 7.59. The molecule has 1 aromatic carbocycles. The standard InChI is InChI=1S/C12H14N4.H2S/c1-8-6-10(4-5-15-8)16-9-2-3-11(13)12(14)7-9;/h2-7H,13-14H2,1H3,(H,15,16);1H2. The molecule has 2 rings (SSSR count). The van der Waals surface area contributed by atoms with E-state index in [0.29, 0.717) is 11.4 Å². The summed E-state index contributed by atoms with van der Waals surface area (Å²) in [4.78, 5) is 4.13. The first kappa shape index (κ1) is 13.2. The average molecular weight is 248 g/mol. The van der Waals surface area contributed by atoms with Crippen LogP contribution in [-0.2, 0) is 0 Å². The lowest BCUT2D eigenvalue weighted by Gasteiger charge is -2.08. The number of hydrogen-bond acceptors (Lipinski definition) is 4. The Morgan fingerprint density at radius 1 is 1.00 bits per heavy atom. The lowest BCUT2D eigenvalue weighted by Crippen LogP contribution is -1.97. The molecule has 0 bridgehead atoms. The number of nitrogens with two attached hydrogens (primary N) is 2. The summed E-state index contributed by atoms with van der Waals surface area (Å²) in [5.74, 6) is 0. The van der Waals surface area contributed by atoms with Crippen LogP contribution in [0.15, 0.2) is 36.5 Å². The van der Waals surface area contributed by atoms with Gasteiger partial charge in [-0.05, 0) is 37.3 Å². The predicted molar refractivity (Wildman–Crippen MR) is 77.9 cm³/mol. The van der Waals surface area contributed by atoms with Crippen molar-refractivity contribution in [2.24, 2.45) is 0 Å². The number of nitrogens with one attached hydrogen (secondary N) is 1. The summed E-state index contributed by atoms with van der Waals surface area (Å²) in [5, 5.41) is 3.24. The highest BCUT2D eigenvalue weighted by Crippen LogP contribution is 2.22. The first-order valence-corrected chi connectivity index (χ1v) is 5.00. The fourth-order valence-electron chi connectivity index (χ4n) is 1.44. The first-order valence-electron chi connectivity index (χ1n) is 5.00. The molecule has 0 aliphatic rings. The third-order valence-corrected chi connectivity index (χ3v) is 2.27. The quantitative estimate of drug-likeness (QED) is 0.713. The Morgan fingerprint density at radius 2 is 1.71 bits per heavy atom. The molecule has 1 heterocycles. The van der Waals surface area contributed by atoms with Crippen molar-refractivity contribution in [3.05, 3.63) is 42.2 Å². The van der Waals surface area contributed by atoms with E-state index in [1.807, 2.05) is 31.2 Å². The minimum atomic E-state index is 0. The van der Waals surface area contributed by atoms with Gasteiger partial charge < -0.3 is 16.8 Å². The number of hydrogen-bond donors (Lipinski definition) is 3. The molecule has 17 heavy (non-hydrogen) atoms. The lowest BCUT2D eigenvalue weighted by atomic mass is 10.2. The van der Waals surface area contributed by atoms with Gasteiger partial charge in [0, 0.05) is 23.3 Å². The smallest absolute Gasteiger partial charge is 0.0568 e. The predicted octanol–water partition coefficient (Wildman–Crippen LogP) is 2.41. The second-order valence-electron chi connectivity index (χ2n) is 3.65. The molecule has 0 aliphatic carbocycles. The summed E-state index contributed by atoms with van der Waals surface area (Å²) in [6.45, 7) is 1.95. The molecule has 0 radical (unpaired) electrons. The number of pyridine rings is 1. The van der Waals surface area contributed by atoms with Crippen LogP contribution in [0, 0.1) is 6.92 Å². The molecule has 0 atom stereocenters. The Kier molecular flexibility index (Phi) is 4.23. The minimum Gasteiger partial charge on any atom is -0.397 e. The Bertz CT molecular complexity index is 514. The van der Waals surface area contributed by atoms with E-state index in [4.69, 9.17) is 11.5 Å². The van der Waals surface area contributed by atoms with Gasteiger partial charge in [-0.3, -0.25) is 4.98 Å². The second-order valence-corrected chi connectivity index (χ2v) is 3.65. The lowest BCUT2D eigenvalue weighted by molar-refractivity contribution is 1.20. The van der Waals surface area contributed by atoms with Crippen LogP contribution in [0.25, 0.3) is 0 Å². The van der Waals surface area contributed by atoms with Crippen LogP contribution in [0.2, 0.25) is 0 Å². The van der Waals surface area contributed by atoms with E-state index in [0.717, 1.165) is 17.1 Å². The maximum Gasteiger partial charge on any atom is 0.0568 e. The van der Waals surface area contributed by atoms with Crippen LogP contribution in [0.1, 0.15) is 5.69 Å². The Labute approximate surface area is 107 Å². The van der Waals surface area contributed by atoms with Gasteiger partial charge in [0.05, 0.1) is 11.4 Å². The molecule has 2 aromatic rings. The summed E-state index contributed by atoms with van der Waals surface area (Å²) >= 11 is 0. The summed E-state index contributed by atoms with van der Waals surface area (Å²) in [6.07, 6.45) is 1.76. The van der Waals surface area contributed by atoms with Gasteiger partial charge in [0.1, 0.15) is 0 Å². The van der Waals surface area contributed by atoms with E-state index < -0.39 is 0 Å². The van der Waals surface area contributed by atoms with E-state index in [1.165, 1.54) is 0 Å². The number of nitrogen functional groups attached to an aromatic ring is 2. The third kappa shape index (κ3) is 3.29. The van der Waals surface area contributed by atoms with Gasteiger partial charge in [0.25, 0.3) is 0 Å². The van der Waals surface area contributed by atoms with Gasteiger partial charge in [-0.25, -0.2) is 0 Å². The maximum absolute atomic E-state index is 5.73. The fraction of sp³-hybridized carbons (Fsp3) is 0.0833. The maximum atomic E-state index is 5.73. The number of nitrogens with zero attached hydrogens (tertiary/aromatic N) is 1. The van der Waals surface area contributed by atoms with E-state index in [2.05, 4.69) is 10.3 Å². The molecule has 0 amide bonds. The number of benzene rings is 1. The first-order chi connectivity index (χ1) is 7.65. The topological polar surface area (TPSA) is 77.0 Å². The van der Waals surface area contributed by atoms with Crippen LogP contribution in [0.5, 0.6) is 0 Å². The van der Waals surface area contributed by atoms with Crippen molar-refractivity contribution in [2.75, 3.05) is 16.8 Å². The Balaban J connectivity index is 0.00000144. The Morgan fingerprint density at radius 3 is 2.35 bits per heavy atom. The number of aromatic nitrogens is 1. The molecule has 90 valence electrons. The van der Waals surface area contributed by atoms with Crippen molar-refractivity contribution < 1.29 is 0 Å². The molecule has 0 fully saturated rings. The molecule has 5 N–H and O–H groups in total. The zero-order valence-electron chi connectivity index (χ0n) is 9.57. The van der Waals surface area contributed by atoms with E-state index in [1.54, 1.807) is 12.3 Å². The number of aryl methyl sites for hydroxylation is 1. The van der Waals surface area contributed by atoms with Crippen molar-refractivity contribution >= 4 is 36.2 Å². The molecule has 1 aromatic heterocycles. The van der Waals surface area contributed by atoms with Crippen molar-refractivity contribution in [3.8, 4) is 0 Å². The summed E-state index contributed by atoms with van der Waals surface area (Å²) in [7, 11) is 0. The van der Waals surface area contributed by atoms with Crippen molar-refractivity contribution in [2.45, 2.75) is 6.92 Å². The van der Waals surface area contributed by atoms with Crippen LogP contribution in [0.3, 0.4) is 0 Å². The molecular formula is C12H16N4S. The van der Waals surface area contributed by atoms with E-state index in [9.17, 15) is 0 Å². The van der Waals surface area contributed by atoms with Gasteiger partial charge >= 0.3 is 0 Å². The van der Waals surface area contributed by atoms with Gasteiger partial charge in [0.2, 0.25) is 0 Å². The normalized spacial score (nSPS) is 9.47. The molecule has 0 unspecified atom stereocenters. The number of rotatable bonds is 2. The van der Waals surface area contributed by atoms with E-state index >= 15 is 0 Å². The number of anilines is 4. The van der Waals surface area contributed by atoms with Crippen molar-refractivity contribution in [1.82, 2.24) is 4.98 Å². The third-order valence-electron chi connectivity index (χ3n) is 2.27. The van der Waals surface area contributed by atoms with Crippen molar-refractivity contribution in [3.63, 3.8) is 0 Å². The molecule has 0 saturated carbocycles. The van der Waals surface area contributed by atoms with Gasteiger partial charge in [0.15, 0.2) is 0 Å². The molecular weight excluding hydrogens is 232 g/mol. The summed E-state index contributed by atoms with van der Waals surface area (Å²) in [5.41, 5.74) is 15.4. The van der Waals surface area contributed by atoms with Crippen LogP contribution < -0.4 is 16.8 Å². The van der Waals surface area contributed by atoms with Gasteiger partial charge in [-0.1, -0.05) is 0 Å². The average Bonchev–Trinajstić information content (AvgIpc) is 2.24.